The van der Waals surface area contributed by atoms with E-state index in [1.807, 2.05) is 18.5 Å². The van der Waals surface area contributed by atoms with Gasteiger partial charge in [0, 0.05) is 6.54 Å². The summed E-state index contributed by atoms with van der Waals surface area (Å²) < 4.78 is 1.84. The molecule has 5 heteroatoms. The molecule has 17 heavy (non-hydrogen) atoms. The normalized spacial score (nSPS) is 13.1. The van der Waals surface area contributed by atoms with Crippen LogP contribution in [-0.4, -0.2) is 27.5 Å². The highest BCUT2D eigenvalue weighted by Crippen LogP contribution is 2.23. The first-order valence-electron chi connectivity index (χ1n) is 6.19. The van der Waals surface area contributed by atoms with Gasteiger partial charge in [0.05, 0.1) is 24.0 Å². The van der Waals surface area contributed by atoms with Gasteiger partial charge in [0.1, 0.15) is 5.82 Å². The third-order valence-corrected chi connectivity index (χ3v) is 2.79. The summed E-state index contributed by atoms with van der Waals surface area (Å²) in [6.07, 6.45) is 0.907. The zero-order chi connectivity index (χ0) is 13.0. The first kappa shape index (κ1) is 13.8. The summed E-state index contributed by atoms with van der Waals surface area (Å²) in [5, 5.41) is 17.0. The van der Waals surface area contributed by atoms with E-state index in [0.717, 1.165) is 24.5 Å². The molecule has 0 saturated heterocycles. The fourth-order valence-electron chi connectivity index (χ4n) is 1.92. The molecular formula is C12H24N4O. The Morgan fingerprint density at radius 3 is 2.59 bits per heavy atom. The van der Waals surface area contributed by atoms with E-state index in [1.54, 1.807) is 0 Å². The monoisotopic (exact) mass is 240 g/mol. The van der Waals surface area contributed by atoms with Crippen LogP contribution in [0, 0.1) is 12.8 Å². The number of nitrogens with one attached hydrogen (secondary N) is 1. The molecule has 98 valence electrons. The summed E-state index contributed by atoms with van der Waals surface area (Å²) in [6, 6.07) is 0.0266. The molecule has 0 saturated carbocycles. The van der Waals surface area contributed by atoms with E-state index in [2.05, 4.69) is 24.3 Å². The maximum atomic E-state index is 9.36. The molecule has 4 N–H and O–H groups in total. The van der Waals surface area contributed by atoms with E-state index in [1.165, 1.54) is 0 Å². The zero-order valence-electron chi connectivity index (χ0n) is 11.2. The van der Waals surface area contributed by atoms with Crippen LogP contribution in [0.4, 0.5) is 11.5 Å². The minimum Gasteiger partial charge on any atom is -0.394 e. The van der Waals surface area contributed by atoms with E-state index >= 15 is 0 Å². The number of aromatic nitrogens is 2. The van der Waals surface area contributed by atoms with Gasteiger partial charge in [-0.2, -0.15) is 5.10 Å². The van der Waals surface area contributed by atoms with Crippen molar-refractivity contribution in [3.05, 3.63) is 5.69 Å². The van der Waals surface area contributed by atoms with Crippen LogP contribution in [0.3, 0.4) is 0 Å². The van der Waals surface area contributed by atoms with Crippen LogP contribution in [0.15, 0.2) is 0 Å². The van der Waals surface area contributed by atoms with Gasteiger partial charge in [-0.05, 0) is 26.2 Å². The molecule has 1 unspecified atom stereocenters. The molecule has 0 amide bonds. The molecule has 1 atom stereocenters. The largest absolute Gasteiger partial charge is 0.394 e. The number of aryl methyl sites for hydroxylation is 2. The average molecular weight is 240 g/mol. The van der Waals surface area contributed by atoms with Crippen molar-refractivity contribution in [3.63, 3.8) is 0 Å². The molecule has 0 fully saturated rings. The highest BCUT2D eigenvalue weighted by molar-refractivity contribution is 5.65. The van der Waals surface area contributed by atoms with Crippen molar-refractivity contribution in [3.8, 4) is 0 Å². The fraction of sp³-hybridized carbons (Fsp3) is 0.750. The Labute approximate surface area is 103 Å². The molecular weight excluding hydrogens is 216 g/mol. The van der Waals surface area contributed by atoms with Crippen LogP contribution in [0.5, 0.6) is 0 Å². The summed E-state index contributed by atoms with van der Waals surface area (Å²) in [5.41, 5.74) is 7.49. The molecule has 5 nitrogen and oxygen atoms in total. The first-order chi connectivity index (χ1) is 7.99. The standard InChI is InChI=1S/C12H24N4O/c1-5-16-12(11(13)9(4)15-16)14-10(7-17)6-8(2)3/h8,10,14,17H,5-7,13H2,1-4H3. The number of anilines is 2. The maximum Gasteiger partial charge on any atom is 0.148 e. The Bertz CT molecular complexity index is 360. The first-order valence-corrected chi connectivity index (χ1v) is 6.19. The van der Waals surface area contributed by atoms with Crippen LogP contribution >= 0.6 is 0 Å². The summed E-state index contributed by atoms with van der Waals surface area (Å²) in [6.45, 7) is 9.05. The number of aliphatic hydroxyl groups excluding tert-OH is 1. The maximum absolute atomic E-state index is 9.36. The van der Waals surface area contributed by atoms with Gasteiger partial charge in [0.15, 0.2) is 0 Å². The summed E-state index contributed by atoms with van der Waals surface area (Å²) >= 11 is 0. The lowest BCUT2D eigenvalue weighted by molar-refractivity contribution is 0.259. The topological polar surface area (TPSA) is 76.1 Å². The summed E-state index contributed by atoms with van der Waals surface area (Å²) in [5.74, 6) is 1.35. The third-order valence-electron chi connectivity index (χ3n) is 2.79. The zero-order valence-corrected chi connectivity index (χ0v) is 11.2. The average Bonchev–Trinajstić information content (AvgIpc) is 2.55. The van der Waals surface area contributed by atoms with Gasteiger partial charge in [-0.25, -0.2) is 4.68 Å². The number of rotatable bonds is 6. The molecule has 0 bridgehead atoms. The molecule has 0 spiro atoms. The summed E-state index contributed by atoms with van der Waals surface area (Å²) in [4.78, 5) is 0. The molecule has 0 aliphatic carbocycles. The second-order valence-corrected chi connectivity index (χ2v) is 4.82. The number of nitrogens with two attached hydrogens (primary N) is 1. The minimum atomic E-state index is 0.0266. The molecule has 1 heterocycles. The van der Waals surface area contributed by atoms with Gasteiger partial charge in [-0.15, -0.1) is 0 Å². The Morgan fingerprint density at radius 2 is 2.12 bits per heavy atom. The number of hydrogen-bond acceptors (Lipinski definition) is 4. The van der Waals surface area contributed by atoms with Gasteiger partial charge in [0.2, 0.25) is 0 Å². The second kappa shape index (κ2) is 5.91. The van der Waals surface area contributed by atoms with Gasteiger partial charge >= 0.3 is 0 Å². The minimum absolute atomic E-state index is 0.0266. The predicted octanol–water partition coefficient (Wildman–Crippen LogP) is 1.61. The van der Waals surface area contributed by atoms with E-state index < -0.39 is 0 Å². The van der Waals surface area contributed by atoms with Gasteiger partial charge in [-0.3, -0.25) is 0 Å². The van der Waals surface area contributed by atoms with Crippen molar-refractivity contribution in [2.24, 2.45) is 5.92 Å². The smallest absolute Gasteiger partial charge is 0.148 e. The van der Waals surface area contributed by atoms with E-state index in [-0.39, 0.29) is 12.6 Å². The number of aliphatic hydroxyl groups is 1. The second-order valence-electron chi connectivity index (χ2n) is 4.82. The molecule has 0 aliphatic rings. The molecule has 0 aliphatic heterocycles. The predicted molar refractivity (Wildman–Crippen MR) is 71.0 cm³/mol. The molecule has 1 aromatic rings. The van der Waals surface area contributed by atoms with Gasteiger partial charge in [0.25, 0.3) is 0 Å². The van der Waals surface area contributed by atoms with Gasteiger partial charge in [-0.1, -0.05) is 13.8 Å². The highest BCUT2D eigenvalue weighted by atomic mass is 16.3. The molecule has 0 aromatic carbocycles. The van der Waals surface area contributed by atoms with Crippen LogP contribution in [-0.2, 0) is 6.54 Å². The van der Waals surface area contributed by atoms with Crippen LogP contribution < -0.4 is 11.1 Å². The number of nitrogens with zero attached hydrogens (tertiary/aromatic N) is 2. The Balaban J connectivity index is 2.84. The lowest BCUT2D eigenvalue weighted by Gasteiger charge is -2.20. The van der Waals surface area contributed by atoms with Crippen molar-refractivity contribution in [2.75, 3.05) is 17.7 Å². The van der Waals surface area contributed by atoms with Crippen LogP contribution in [0.2, 0.25) is 0 Å². The van der Waals surface area contributed by atoms with Crippen molar-refractivity contribution in [1.29, 1.82) is 0 Å². The third kappa shape index (κ3) is 3.36. The number of hydrogen-bond donors (Lipinski definition) is 3. The van der Waals surface area contributed by atoms with Crippen molar-refractivity contribution in [1.82, 2.24) is 9.78 Å². The summed E-state index contributed by atoms with van der Waals surface area (Å²) in [7, 11) is 0. The van der Waals surface area contributed by atoms with E-state index in [4.69, 9.17) is 5.73 Å². The van der Waals surface area contributed by atoms with Crippen molar-refractivity contribution >= 4 is 11.5 Å². The van der Waals surface area contributed by atoms with Gasteiger partial charge < -0.3 is 16.2 Å². The molecule has 0 radical (unpaired) electrons. The lowest BCUT2D eigenvalue weighted by Crippen LogP contribution is -2.27. The van der Waals surface area contributed by atoms with Crippen molar-refractivity contribution in [2.45, 2.75) is 46.7 Å². The van der Waals surface area contributed by atoms with Crippen molar-refractivity contribution < 1.29 is 5.11 Å². The highest BCUT2D eigenvalue weighted by Gasteiger charge is 2.16. The molecule has 1 aromatic heterocycles. The fourth-order valence-corrected chi connectivity index (χ4v) is 1.92. The van der Waals surface area contributed by atoms with Crippen LogP contribution in [0.1, 0.15) is 32.9 Å². The number of nitrogen functional groups attached to an aromatic ring is 1. The SMILES string of the molecule is CCn1nc(C)c(N)c1NC(CO)CC(C)C. The Kier molecular flexibility index (Phi) is 4.81. The Morgan fingerprint density at radius 1 is 1.47 bits per heavy atom. The lowest BCUT2D eigenvalue weighted by atomic mass is 10.0. The van der Waals surface area contributed by atoms with Crippen LogP contribution in [0.25, 0.3) is 0 Å². The Hall–Kier alpha value is -1.23. The van der Waals surface area contributed by atoms with E-state index in [9.17, 15) is 5.11 Å². The molecule has 1 rings (SSSR count). The van der Waals surface area contributed by atoms with E-state index in [0.29, 0.717) is 11.6 Å². The quantitative estimate of drug-likeness (QED) is 0.706.